The van der Waals surface area contributed by atoms with Gasteiger partial charge in [0.2, 0.25) is 0 Å². The Balaban J connectivity index is 3.37. The summed E-state index contributed by atoms with van der Waals surface area (Å²) in [5.74, 6) is 0. The van der Waals surface area contributed by atoms with Crippen molar-refractivity contribution in [1.82, 2.24) is 0 Å². The van der Waals surface area contributed by atoms with Crippen molar-refractivity contribution in [2.45, 2.75) is 11.8 Å². The maximum absolute atomic E-state index is 10.9. The molecule has 1 aromatic rings. The average molecular weight is 198 g/mol. The van der Waals surface area contributed by atoms with Crippen LogP contribution in [0.1, 0.15) is 12.5 Å². The van der Waals surface area contributed by atoms with E-state index in [9.17, 15) is 8.42 Å². The molecule has 0 saturated carbocycles. The number of hydrogen-bond acceptors (Lipinski definition) is 2. The second-order valence-electron chi connectivity index (χ2n) is 2.51. The Hall–Kier alpha value is -1.13. The molecule has 13 heavy (non-hydrogen) atoms. The van der Waals surface area contributed by atoms with Crippen molar-refractivity contribution in [3.05, 3.63) is 35.9 Å². The number of allylic oxidation sites excluding steroid dienone is 1. The van der Waals surface area contributed by atoms with Crippen molar-refractivity contribution in [2.75, 3.05) is 0 Å². The summed E-state index contributed by atoms with van der Waals surface area (Å²) in [4.78, 5) is -0.0619. The van der Waals surface area contributed by atoms with Crippen LogP contribution in [0.4, 0.5) is 0 Å². The second kappa shape index (κ2) is 3.72. The quantitative estimate of drug-likeness (QED) is 0.739. The van der Waals surface area contributed by atoms with Crippen molar-refractivity contribution in [1.29, 1.82) is 0 Å². The van der Waals surface area contributed by atoms with Crippen molar-refractivity contribution in [3.8, 4) is 0 Å². The number of benzene rings is 1. The zero-order valence-electron chi connectivity index (χ0n) is 7.14. The van der Waals surface area contributed by atoms with Gasteiger partial charge < -0.3 is 0 Å². The molecule has 0 unspecified atom stereocenters. The van der Waals surface area contributed by atoms with Crippen LogP contribution in [0, 0.1) is 0 Å². The summed E-state index contributed by atoms with van der Waals surface area (Å²) in [6.07, 6.45) is 3.34. The van der Waals surface area contributed by atoms with Crippen molar-refractivity contribution in [3.63, 3.8) is 0 Å². The lowest BCUT2D eigenvalue weighted by Crippen LogP contribution is -1.99. The first kappa shape index (κ1) is 9.95. The lowest BCUT2D eigenvalue weighted by atomic mass is 10.2. The molecule has 1 rings (SSSR count). The summed E-state index contributed by atoms with van der Waals surface area (Å²) in [7, 11) is -4.11. The monoisotopic (exact) mass is 198 g/mol. The van der Waals surface area contributed by atoms with Crippen LogP contribution >= 0.6 is 0 Å². The molecule has 4 heteroatoms. The molecule has 0 fully saturated rings. The van der Waals surface area contributed by atoms with Crippen LogP contribution in [0.25, 0.3) is 6.08 Å². The predicted molar refractivity (Wildman–Crippen MR) is 51.0 cm³/mol. The Bertz CT molecular complexity index is 418. The minimum atomic E-state index is -4.11. The fourth-order valence-electron chi connectivity index (χ4n) is 1.03. The van der Waals surface area contributed by atoms with E-state index in [2.05, 4.69) is 0 Å². The predicted octanol–water partition coefficient (Wildman–Crippen LogP) is 1.97. The van der Waals surface area contributed by atoms with Gasteiger partial charge in [-0.15, -0.1) is 0 Å². The highest BCUT2D eigenvalue weighted by Gasteiger charge is 2.11. The fraction of sp³-hybridized carbons (Fsp3) is 0.111. The minimum absolute atomic E-state index is 0.0619. The molecular weight excluding hydrogens is 188 g/mol. The summed E-state index contributed by atoms with van der Waals surface area (Å²) in [5.41, 5.74) is 0.493. The summed E-state index contributed by atoms with van der Waals surface area (Å²) < 4.78 is 30.5. The van der Waals surface area contributed by atoms with E-state index in [1.165, 1.54) is 6.07 Å². The standard InChI is InChI=1S/C9H10O3S/c1-2-5-8-6-3-4-7-9(8)13(10,11)12/h2-7H,1H3,(H,10,11,12)/b5-2+. The van der Waals surface area contributed by atoms with E-state index >= 15 is 0 Å². The summed E-state index contributed by atoms with van der Waals surface area (Å²) in [6, 6.07) is 6.27. The van der Waals surface area contributed by atoms with E-state index < -0.39 is 10.1 Å². The van der Waals surface area contributed by atoms with Crippen LogP contribution in [-0.4, -0.2) is 13.0 Å². The normalized spacial score (nSPS) is 12.2. The van der Waals surface area contributed by atoms with Crippen molar-refractivity contribution in [2.24, 2.45) is 0 Å². The Morgan fingerprint density at radius 3 is 2.46 bits per heavy atom. The molecule has 70 valence electrons. The van der Waals surface area contributed by atoms with Gasteiger partial charge in [-0.1, -0.05) is 30.4 Å². The highest BCUT2D eigenvalue weighted by molar-refractivity contribution is 7.85. The topological polar surface area (TPSA) is 54.4 Å². The molecule has 0 amide bonds. The first-order chi connectivity index (χ1) is 6.05. The third-order valence-corrected chi connectivity index (χ3v) is 2.47. The molecule has 0 aliphatic carbocycles. The molecule has 0 aliphatic rings. The molecule has 0 aromatic heterocycles. The third kappa shape index (κ3) is 2.40. The molecule has 0 spiro atoms. The van der Waals surface area contributed by atoms with E-state index in [1.807, 2.05) is 0 Å². The molecule has 1 aromatic carbocycles. The molecule has 0 aliphatic heterocycles. The highest BCUT2D eigenvalue weighted by atomic mass is 32.2. The Labute approximate surface area is 77.5 Å². The molecule has 3 nitrogen and oxygen atoms in total. The van der Waals surface area contributed by atoms with Gasteiger partial charge in [0, 0.05) is 0 Å². The molecule has 0 radical (unpaired) electrons. The van der Waals surface area contributed by atoms with Crippen LogP contribution < -0.4 is 0 Å². The second-order valence-corrected chi connectivity index (χ2v) is 3.90. The molecule has 0 saturated heterocycles. The minimum Gasteiger partial charge on any atom is -0.282 e. The lowest BCUT2D eigenvalue weighted by molar-refractivity contribution is 0.483. The van der Waals surface area contributed by atoms with Gasteiger partial charge in [-0.25, -0.2) is 0 Å². The maximum atomic E-state index is 10.9. The molecule has 0 bridgehead atoms. The number of hydrogen-bond donors (Lipinski definition) is 1. The Kier molecular flexibility index (Phi) is 2.85. The molecule has 0 atom stereocenters. The largest absolute Gasteiger partial charge is 0.295 e. The van der Waals surface area contributed by atoms with Crippen LogP contribution in [-0.2, 0) is 10.1 Å². The molecule has 0 heterocycles. The van der Waals surface area contributed by atoms with Gasteiger partial charge >= 0.3 is 0 Å². The number of rotatable bonds is 2. The Morgan fingerprint density at radius 1 is 1.31 bits per heavy atom. The first-order valence-corrected chi connectivity index (χ1v) is 5.19. The molecule has 1 N–H and O–H groups in total. The molecular formula is C9H10O3S. The Morgan fingerprint density at radius 2 is 1.92 bits per heavy atom. The van der Waals surface area contributed by atoms with Crippen molar-refractivity contribution < 1.29 is 13.0 Å². The highest BCUT2D eigenvalue weighted by Crippen LogP contribution is 2.15. The average Bonchev–Trinajstić information content (AvgIpc) is 2.04. The summed E-state index contributed by atoms with van der Waals surface area (Å²) in [5, 5.41) is 0. The van der Waals surface area contributed by atoms with E-state index in [0.29, 0.717) is 5.56 Å². The van der Waals surface area contributed by atoms with Gasteiger partial charge in [0.25, 0.3) is 10.1 Å². The van der Waals surface area contributed by atoms with Gasteiger partial charge in [-0.2, -0.15) is 8.42 Å². The zero-order valence-corrected chi connectivity index (χ0v) is 7.95. The van der Waals surface area contributed by atoms with Gasteiger partial charge in [-0.3, -0.25) is 4.55 Å². The smallest absolute Gasteiger partial charge is 0.282 e. The van der Waals surface area contributed by atoms with E-state index in [4.69, 9.17) is 4.55 Å². The van der Waals surface area contributed by atoms with Gasteiger partial charge in [-0.05, 0) is 18.6 Å². The van der Waals surface area contributed by atoms with Crippen LogP contribution in [0.15, 0.2) is 35.2 Å². The van der Waals surface area contributed by atoms with Crippen LogP contribution in [0.3, 0.4) is 0 Å². The van der Waals surface area contributed by atoms with E-state index in [0.717, 1.165) is 0 Å². The van der Waals surface area contributed by atoms with Gasteiger partial charge in [0.1, 0.15) is 4.90 Å². The maximum Gasteiger partial charge on any atom is 0.295 e. The zero-order chi connectivity index (χ0) is 9.90. The van der Waals surface area contributed by atoms with Crippen LogP contribution in [0.2, 0.25) is 0 Å². The fourth-order valence-corrected chi connectivity index (χ4v) is 1.72. The summed E-state index contributed by atoms with van der Waals surface area (Å²) >= 11 is 0. The first-order valence-electron chi connectivity index (χ1n) is 3.75. The van der Waals surface area contributed by atoms with Gasteiger partial charge in [0.05, 0.1) is 0 Å². The third-order valence-electron chi connectivity index (χ3n) is 1.54. The lowest BCUT2D eigenvalue weighted by Gasteiger charge is -2.00. The van der Waals surface area contributed by atoms with Gasteiger partial charge in [0.15, 0.2) is 0 Å². The van der Waals surface area contributed by atoms with E-state index in [-0.39, 0.29) is 4.90 Å². The van der Waals surface area contributed by atoms with E-state index in [1.54, 1.807) is 37.3 Å². The summed E-state index contributed by atoms with van der Waals surface area (Å²) in [6.45, 7) is 1.78. The van der Waals surface area contributed by atoms with Crippen molar-refractivity contribution >= 4 is 16.2 Å². The van der Waals surface area contributed by atoms with Crippen LogP contribution in [0.5, 0.6) is 0 Å². The SMILES string of the molecule is C/C=C/c1ccccc1S(=O)(=O)O.